The molecule has 1 aromatic heterocycles. The molecule has 1 aliphatic rings. The van der Waals surface area contributed by atoms with Crippen molar-refractivity contribution in [1.29, 1.82) is 0 Å². The lowest BCUT2D eigenvalue weighted by Gasteiger charge is -2.27. The second kappa shape index (κ2) is 4.25. The summed E-state index contributed by atoms with van der Waals surface area (Å²) in [4.78, 5) is 0. The van der Waals surface area contributed by atoms with E-state index in [1.54, 1.807) is 0 Å². The van der Waals surface area contributed by atoms with Crippen molar-refractivity contribution >= 4 is 5.69 Å². The fourth-order valence-corrected chi connectivity index (χ4v) is 2.37. The molecule has 0 spiro atoms. The first-order chi connectivity index (χ1) is 7.16. The molecule has 0 aliphatic heterocycles. The maximum absolute atomic E-state index is 4.21. The third-order valence-corrected chi connectivity index (χ3v) is 3.49. The van der Waals surface area contributed by atoms with E-state index in [4.69, 9.17) is 0 Å². The largest absolute Gasteiger partial charge is 0.379 e. The Kier molecular flexibility index (Phi) is 2.98. The first-order valence-corrected chi connectivity index (χ1v) is 5.95. The summed E-state index contributed by atoms with van der Waals surface area (Å²) in [6, 6.07) is 0.649. The van der Waals surface area contributed by atoms with Gasteiger partial charge in [-0.2, -0.15) is 5.10 Å². The van der Waals surface area contributed by atoms with E-state index in [0.717, 1.165) is 17.3 Å². The van der Waals surface area contributed by atoms with Crippen LogP contribution in [0.1, 0.15) is 44.0 Å². The zero-order chi connectivity index (χ0) is 10.8. The predicted octanol–water partition coefficient (Wildman–Crippen LogP) is 3.02. The average Bonchev–Trinajstić information content (AvgIpc) is 2.53. The van der Waals surface area contributed by atoms with Gasteiger partial charge in [-0.3, -0.25) is 5.10 Å². The van der Waals surface area contributed by atoms with Gasteiger partial charge in [0, 0.05) is 6.04 Å². The molecule has 3 nitrogen and oxygen atoms in total. The van der Waals surface area contributed by atoms with E-state index in [1.165, 1.54) is 31.4 Å². The molecule has 0 bridgehead atoms. The maximum Gasteiger partial charge on any atom is 0.0825 e. The van der Waals surface area contributed by atoms with Crippen LogP contribution in [-0.2, 0) is 0 Å². The van der Waals surface area contributed by atoms with Crippen LogP contribution in [0.25, 0.3) is 0 Å². The Morgan fingerprint density at radius 2 is 1.87 bits per heavy atom. The van der Waals surface area contributed by atoms with Gasteiger partial charge in [0.1, 0.15) is 0 Å². The zero-order valence-electron chi connectivity index (χ0n) is 9.93. The smallest absolute Gasteiger partial charge is 0.0825 e. The van der Waals surface area contributed by atoms with Gasteiger partial charge in [0.15, 0.2) is 0 Å². The maximum atomic E-state index is 4.21. The summed E-state index contributed by atoms with van der Waals surface area (Å²) in [5.74, 6) is 0.912. The van der Waals surface area contributed by atoms with Crippen molar-refractivity contribution in [1.82, 2.24) is 10.2 Å². The third-order valence-electron chi connectivity index (χ3n) is 3.49. The van der Waals surface area contributed by atoms with Gasteiger partial charge < -0.3 is 5.32 Å². The van der Waals surface area contributed by atoms with E-state index in [1.807, 2.05) is 0 Å². The first-order valence-electron chi connectivity index (χ1n) is 5.95. The second-order valence-electron chi connectivity index (χ2n) is 4.91. The molecular formula is C12H21N3. The second-order valence-corrected chi connectivity index (χ2v) is 4.91. The van der Waals surface area contributed by atoms with Crippen LogP contribution in [0.2, 0.25) is 0 Å². The van der Waals surface area contributed by atoms with Gasteiger partial charge in [0.25, 0.3) is 0 Å². The summed E-state index contributed by atoms with van der Waals surface area (Å²) < 4.78 is 0. The summed E-state index contributed by atoms with van der Waals surface area (Å²) in [7, 11) is 0. The van der Waals surface area contributed by atoms with E-state index in [-0.39, 0.29) is 0 Å². The number of hydrogen-bond acceptors (Lipinski definition) is 2. The summed E-state index contributed by atoms with van der Waals surface area (Å²) in [5.41, 5.74) is 3.46. The zero-order valence-corrected chi connectivity index (χ0v) is 9.93. The molecule has 15 heavy (non-hydrogen) atoms. The average molecular weight is 207 g/mol. The molecule has 1 saturated carbocycles. The van der Waals surface area contributed by atoms with Crippen molar-refractivity contribution in [2.24, 2.45) is 5.92 Å². The number of rotatable bonds is 2. The van der Waals surface area contributed by atoms with Crippen molar-refractivity contribution in [2.45, 2.75) is 52.5 Å². The van der Waals surface area contributed by atoms with E-state index < -0.39 is 0 Å². The van der Waals surface area contributed by atoms with E-state index in [0.29, 0.717) is 6.04 Å². The highest BCUT2D eigenvalue weighted by molar-refractivity contribution is 5.52. The van der Waals surface area contributed by atoms with Gasteiger partial charge in [-0.25, -0.2) is 0 Å². The van der Waals surface area contributed by atoms with Crippen LogP contribution in [0.4, 0.5) is 5.69 Å². The van der Waals surface area contributed by atoms with Crippen molar-refractivity contribution < 1.29 is 0 Å². The predicted molar refractivity (Wildman–Crippen MR) is 63.1 cm³/mol. The molecule has 0 amide bonds. The molecule has 0 radical (unpaired) electrons. The van der Waals surface area contributed by atoms with Crippen LogP contribution in [0.5, 0.6) is 0 Å². The van der Waals surface area contributed by atoms with Crippen LogP contribution in [0, 0.1) is 19.8 Å². The fourth-order valence-electron chi connectivity index (χ4n) is 2.37. The molecule has 0 aromatic carbocycles. The molecule has 84 valence electrons. The molecular weight excluding hydrogens is 186 g/mol. The lowest BCUT2D eigenvalue weighted by Crippen LogP contribution is -2.25. The monoisotopic (exact) mass is 207 g/mol. The van der Waals surface area contributed by atoms with Gasteiger partial charge in [-0.15, -0.1) is 0 Å². The number of hydrogen-bond donors (Lipinski definition) is 2. The summed E-state index contributed by atoms with van der Waals surface area (Å²) in [5, 5.41) is 10.9. The summed E-state index contributed by atoms with van der Waals surface area (Å²) in [6.07, 6.45) is 5.30. The van der Waals surface area contributed by atoms with E-state index in [2.05, 4.69) is 36.3 Å². The molecule has 0 saturated heterocycles. The molecule has 1 fully saturated rings. The minimum Gasteiger partial charge on any atom is -0.379 e. The van der Waals surface area contributed by atoms with Gasteiger partial charge >= 0.3 is 0 Å². The third kappa shape index (κ3) is 2.33. The molecule has 2 rings (SSSR count). The number of nitrogens with one attached hydrogen (secondary N) is 2. The highest BCUT2D eigenvalue weighted by Gasteiger charge is 2.19. The van der Waals surface area contributed by atoms with Crippen molar-refractivity contribution in [2.75, 3.05) is 5.32 Å². The van der Waals surface area contributed by atoms with Crippen LogP contribution in [-0.4, -0.2) is 16.2 Å². The first kappa shape index (κ1) is 10.5. The molecule has 0 unspecified atom stereocenters. The van der Waals surface area contributed by atoms with Crippen LogP contribution >= 0.6 is 0 Å². The minimum atomic E-state index is 0.649. The van der Waals surface area contributed by atoms with Crippen molar-refractivity contribution in [3.63, 3.8) is 0 Å². The Morgan fingerprint density at radius 1 is 1.20 bits per heavy atom. The number of aryl methyl sites for hydroxylation is 2. The Morgan fingerprint density at radius 3 is 2.40 bits per heavy atom. The van der Waals surface area contributed by atoms with E-state index in [9.17, 15) is 0 Å². The Bertz CT molecular complexity index is 302. The van der Waals surface area contributed by atoms with Crippen LogP contribution < -0.4 is 5.32 Å². The SMILES string of the molecule is Cc1n[nH]c(C)c1NC1CCC(C)CC1. The molecule has 0 atom stereocenters. The number of nitrogens with zero attached hydrogens (tertiary/aromatic N) is 1. The molecule has 1 heterocycles. The van der Waals surface area contributed by atoms with Crippen LogP contribution in [0.15, 0.2) is 0 Å². The Balaban J connectivity index is 1.97. The van der Waals surface area contributed by atoms with Crippen molar-refractivity contribution in [3.05, 3.63) is 11.4 Å². The topological polar surface area (TPSA) is 40.7 Å². The van der Waals surface area contributed by atoms with Crippen LogP contribution in [0.3, 0.4) is 0 Å². The van der Waals surface area contributed by atoms with Gasteiger partial charge in [0.2, 0.25) is 0 Å². The lowest BCUT2D eigenvalue weighted by molar-refractivity contribution is 0.361. The normalized spacial score (nSPS) is 26.6. The highest BCUT2D eigenvalue weighted by Crippen LogP contribution is 2.27. The molecule has 2 N–H and O–H groups in total. The fraction of sp³-hybridized carbons (Fsp3) is 0.750. The number of H-pyrrole nitrogens is 1. The summed E-state index contributed by atoms with van der Waals surface area (Å²) >= 11 is 0. The molecule has 1 aromatic rings. The Labute approximate surface area is 91.7 Å². The van der Waals surface area contributed by atoms with Gasteiger partial charge in [-0.05, 0) is 45.4 Å². The lowest BCUT2D eigenvalue weighted by atomic mass is 9.87. The summed E-state index contributed by atoms with van der Waals surface area (Å²) in [6.45, 7) is 6.48. The number of anilines is 1. The van der Waals surface area contributed by atoms with Crippen molar-refractivity contribution in [3.8, 4) is 0 Å². The number of aromatic nitrogens is 2. The van der Waals surface area contributed by atoms with E-state index >= 15 is 0 Å². The standard InChI is InChI=1S/C12H21N3/c1-8-4-6-11(7-5-8)13-12-9(2)14-15-10(12)3/h8,11,13H,4-7H2,1-3H3,(H,14,15). The molecule has 3 heteroatoms. The van der Waals surface area contributed by atoms with Gasteiger partial charge in [0.05, 0.1) is 17.1 Å². The Hall–Kier alpha value is -0.990. The van der Waals surface area contributed by atoms with Gasteiger partial charge in [-0.1, -0.05) is 6.92 Å². The minimum absolute atomic E-state index is 0.649. The number of aromatic amines is 1. The highest BCUT2D eigenvalue weighted by atomic mass is 15.2. The quantitative estimate of drug-likeness (QED) is 0.782. The molecule has 1 aliphatic carbocycles.